The average Bonchev–Trinajstić information content (AvgIpc) is 2.87. The first-order chi connectivity index (χ1) is 8.85. The molecule has 94 valence electrons. The van der Waals surface area contributed by atoms with E-state index in [0.717, 1.165) is 22.7 Å². The number of aromatic nitrogens is 1. The lowest BCUT2D eigenvalue weighted by Crippen LogP contribution is -2.10. The lowest BCUT2D eigenvalue weighted by molar-refractivity contribution is 0.438. The molecule has 0 N–H and O–H groups in total. The first-order valence-corrected chi connectivity index (χ1v) is 6.46. The Hall–Kier alpha value is -1.96. The van der Waals surface area contributed by atoms with E-state index in [2.05, 4.69) is 29.0 Å². The SMILES string of the molecule is C/C=C1/Oc2cccc3ccn(c23)/C1=C/C.CC. The Bertz CT molecular complexity index is 617. The predicted molar refractivity (Wildman–Crippen MR) is 77.6 cm³/mol. The van der Waals surface area contributed by atoms with E-state index in [9.17, 15) is 0 Å². The molecule has 0 spiro atoms. The zero-order chi connectivity index (χ0) is 13.1. The molecule has 1 aromatic carbocycles. The lowest BCUT2D eigenvalue weighted by atomic mass is 10.2. The summed E-state index contributed by atoms with van der Waals surface area (Å²) < 4.78 is 8.07. The predicted octanol–water partition coefficient (Wildman–Crippen LogP) is 4.82. The topological polar surface area (TPSA) is 14.2 Å². The monoisotopic (exact) mass is 241 g/mol. The Kier molecular flexibility index (Phi) is 3.56. The van der Waals surface area contributed by atoms with Crippen LogP contribution in [0, 0.1) is 0 Å². The molecule has 0 saturated carbocycles. The molecule has 1 aromatic heterocycles. The molecule has 0 fully saturated rings. The van der Waals surface area contributed by atoms with Crippen molar-refractivity contribution in [1.29, 1.82) is 0 Å². The van der Waals surface area contributed by atoms with Gasteiger partial charge in [0.1, 0.15) is 5.76 Å². The molecule has 1 aliphatic heterocycles. The zero-order valence-corrected chi connectivity index (χ0v) is 11.4. The molecular weight excluding hydrogens is 222 g/mol. The highest BCUT2D eigenvalue weighted by molar-refractivity contribution is 5.92. The fourth-order valence-electron chi connectivity index (χ4n) is 2.22. The number of hydrogen-bond acceptors (Lipinski definition) is 1. The molecular formula is C16H19NO. The summed E-state index contributed by atoms with van der Waals surface area (Å²) in [6, 6.07) is 8.25. The van der Waals surface area contributed by atoms with Crippen molar-refractivity contribution in [3.63, 3.8) is 0 Å². The van der Waals surface area contributed by atoms with Crippen LogP contribution in [0.3, 0.4) is 0 Å². The van der Waals surface area contributed by atoms with Gasteiger partial charge < -0.3 is 9.30 Å². The number of benzene rings is 1. The molecule has 2 aromatic rings. The molecule has 0 radical (unpaired) electrons. The van der Waals surface area contributed by atoms with E-state index in [0.29, 0.717) is 0 Å². The molecule has 0 unspecified atom stereocenters. The molecule has 0 saturated heterocycles. The van der Waals surface area contributed by atoms with Gasteiger partial charge in [0, 0.05) is 11.6 Å². The van der Waals surface area contributed by atoms with Gasteiger partial charge in [-0.15, -0.1) is 0 Å². The van der Waals surface area contributed by atoms with Crippen molar-refractivity contribution in [2.75, 3.05) is 0 Å². The Morgan fingerprint density at radius 1 is 1.06 bits per heavy atom. The second-order valence-corrected chi connectivity index (χ2v) is 3.81. The smallest absolute Gasteiger partial charge is 0.152 e. The van der Waals surface area contributed by atoms with Gasteiger partial charge in [0.25, 0.3) is 0 Å². The first-order valence-electron chi connectivity index (χ1n) is 6.46. The summed E-state index contributed by atoms with van der Waals surface area (Å²) in [5.74, 6) is 1.85. The molecule has 0 amide bonds. The number of hydrogen-bond donors (Lipinski definition) is 0. The molecule has 0 atom stereocenters. The van der Waals surface area contributed by atoms with Gasteiger partial charge in [-0.2, -0.15) is 0 Å². The van der Waals surface area contributed by atoms with Gasteiger partial charge in [-0.3, -0.25) is 0 Å². The summed E-state index contributed by atoms with van der Waals surface area (Å²) in [6.07, 6.45) is 6.16. The van der Waals surface area contributed by atoms with Gasteiger partial charge in [-0.05, 0) is 32.1 Å². The summed E-state index contributed by atoms with van der Waals surface area (Å²) in [5, 5.41) is 1.21. The second-order valence-electron chi connectivity index (χ2n) is 3.81. The molecule has 2 nitrogen and oxygen atoms in total. The van der Waals surface area contributed by atoms with Crippen molar-refractivity contribution in [3.8, 4) is 5.75 Å². The van der Waals surface area contributed by atoms with Gasteiger partial charge in [-0.1, -0.05) is 32.1 Å². The van der Waals surface area contributed by atoms with Crippen LogP contribution in [-0.2, 0) is 0 Å². The summed E-state index contributed by atoms with van der Waals surface area (Å²) in [7, 11) is 0. The van der Waals surface area contributed by atoms with Crippen LogP contribution < -0.4 is 4.74 Å². The third-order valence-electron chi connectivity index (χ3n) is 2.94. The van der Waals surface area contributed by atoms with Gasteiger partial charge in [0.15, 0.2) is 5.75 Å². The molecule has 0 aliphatic carbocycles. The van der Waals surface area contributed by atoms with E-state index in [1.807, 2.05) is 45.9 Å². The van der Waals surface area contributed by atoms with Crippen molar-refractivity contribution in [2.24, 2.45) is 0 Å². The number of para-hydroxylation sites is 1. The van der Waals surface area contributed by atoms with E-state index >= 15 is 0 Å². The lowest BCUT2D eigenvalue weighted by Gasteiger charge is -2.22. The van der Waals surface area contributed by atoms with E-state index < -0.39 is 0 Å². The van der Waals surface area contributed by atoms with Crippen LogP contribution in [0.4, 0.5) is 0 Å². The van der Waals surface area contributed by atoms with Gasteiger partial charge in [0.05, 0.1) is 11.2 Å². The number of ether oxygens (including phenoxy) is 1. The molecule has 2 heterocycles. The largest absolute Gasteiger partial charge is 0.453 e. The third-order valence-corrected chi connectivity index (χ3v) is 2.94. The highest BCUT2D eigenvalue weighted by atomic mass is 16.5. The molecule has 2 heteroatoms. The summed E-state index contributed by atoms with van der Waals surface area (Å²) in [5.41, 5.74) is 2.26. The van der Waals surface area contributed by atoms with Crippen LogP contribution in [0.15, 0.2) is 48.4 Å². The normalized spacial score (nSPS) is 17.6. The fourth-order valence-corrected chi connectivity index (χ4v) is 2.22. The molecule has 1 aliphatic rings. The Balaban J connectivity index is 0.000000574. The third kappa shape index (κ3) is 1.74. The number of nitrogens with zero attached hydrogens (tertiary/aromatic N) is 1. The Labute approximate surface area is 108 Å². The zero-order valence-electron chi connectivity index (χ0n) is 11.4. The molecule has 18 heavy (non-hydrogen) atoms. The van der Waals surface area contributed by atoms with Crippen molar-refractivity contribution >= 4 is 16.6 Å². The minimum Gasteiger partial charge on any atom is -0.453 e. The molecule has 0 bridgehead atoms. The Morgan fingerprint density at radius 3 is 2.50 bits per heavy atom. The number of allylic oxidation sites excluding steroid dienone is 3. The van der Waals surface area contributed by atoms with E-state index in [4.69, 9.17) is 4.74 Å². The highest BCUT2D eigenvalue weighted by Gasteiger charge is 2.20. The van der Waals surface area contributed by atoms with Crippen LogP contribution in [0.2, 0.25) is 0 Å². The first kappa shape index (κ1) is 12.5. The van der Waals surface area contributed by atoms with Crippen LogP contribution >= 0.6 is 0 Å². The summed E-state index contributed by atoms with van der Waals surface area (Å²) in [6.45, 7) is 8.02. The van der Waals surface area contributed by atoms with Crippen molar-refractivity contribution < 1.29 is 4.74 Å². The maximum atomic E-state index is 5.89. The summed E-state index contributed by atoms with van der Waals surface area (Å²) >= 11 is 0. The Morgan fingerprint density at radius 2 is 1.83 bits per heavy atom. The van der Waals surface area contributed by atoms with E-state index in [1.165, 1.54) is 5.39 Å². The van der Waals surface area contributed by atoms with E-state index in [-0.39, 0.29) is 0 Å². The highest BCUT2D eigenvalue weighted by Crippen LogP contribution is 2.37. The minimum atomic E-state index is 0.915. The summed E-state index contributed by atoms with van der Waals surface area (Å²) in [4.78, 5) is 0. The number of rotatable bonds is 0. The van der Waals surface area contributed by atoms with E-state index in [1.54, 1.807) is 0 Å². The van der Waals surface area contributed by atoms with Crippen LogP contribution in [0.5, 0.6) is 5.75 Å². The maximum absolute atomic E-state index is 5.89. The standard InChI is InChI=1S/C14H13NO.C2H6/c1-3-11-12(4-2)16-13-7-5-6-10-8-9-15(11)14(10)13;1-2/h3-9H,1-2H3;1-2H3/b11-3+,12-4+;. The van der Waals surface area contributed by atoms with Crippen LogP contribution in [0.1, 0.15) is 27.7 Å². The van der Waals surface area contributed by atoms with Crippen molar-refractivity contribution in [1.82, 2.24) is 4.57 Å². The van der Waals surface area contributed by atoms with Gasteiger partial charge >= 0.3 is 0 Å². The quantitative estimate of drug-likeness (QED) is 0.644. The fraction of sp³-hybridized carbons (Fsp3) is 0.250. The van der Waals surface area contributed by atoms with Crippen molar-refractivity contribution in [2.45, 2.75) is 27.7 Å². The molecule has 3 rings (SSSR count). The van der Waals surface area contributed by atoms with Gasteiger partial charge in [0.2, 0.25) is 0 Å². The minimum absolute atomic E-state index is 0.915. The van der Waals surface area contributed by atoms with Crippen LogP contribution in [0.25, 0.3) is 16.6 Å². The van der Waals surface area contributed by atoms with Crippen molar-refractivity contribution in [3.05, 3.63) is 48.4 Å². The second kappa shape index (κ2) is 5.13. The van der Waals surface area contributed by atoms with Crippen LogP contribution in [-0.4, -0.2) is 4.57 Å². The van der Waals surface area contributed by atoms with Gasteiger partial charge in [-0.25, -0.2) is 0 Å². The maximum Gasteiger partial charge on any atom is 0.152 e. The average molecular weight is 241 g/mol.